The van der Waals surface area contributed by atoms with Crippen LogP contribution in [0.1, 0.15) is 16.7 Å². The number of halogens is 1. The summed E-state index contributed by atoms with van der Waals surface area (Å²) in [5.74, 6) is -0.354. The Balaban J connectivity index is 1.78. The number of benzene rings is 3. The molecule has 3 rings (SSSR count). The maximum atomic E-state index is 13.2. The minimum Gasteiger partial charge on any atom is -0.351 e. The summed E-state index contributed by atoms with van der Waals surface area (Å²) in [6.07, 6.45) is 0. The van der Waals surface area contributed by atoms with Gasteiger partial charge in [-0.15, -0.1) is 0 Å². The molecule has 0 fully saturated rings. The van der Waals surface area contributed by atoms with Crippen LogP contribution in [-0.2, 0) is 27.9 Å². The largest absolute Gasteiger partial charge is 0.351 e. The van der Waals surface area contributed by atoms with Crippen molar-refractivity contribution in [2.24, 2.45) is 0 Å². The lowest BCUT2D eigenvalue weighted by atomic mass is 10.1. The number of sulfonamides is 1. The minimum atomic E-state index is -3.83. The molecule has 0 aliphatic heterocycles. The van der Waals surface area contributed by atoms with Gasteiger partial charge in [-0.2, -0.15) is 4.31 Å². The van der Waals surface area contributed by atoms with E-state index in [9.17, 15) is 13.2 Å². The van der Waals surface area contributed by atoms with Gasteiger partial charge in [0.25, 0.3) is 0 Å². The highest BCUT2D eigenvalue weighted by Gasteiger charge is 2.26. The van der Waals surface area contributed by atoms with Gasteiger partial charge in [0.05, 0.1) is 11.4 Å². The van der Waals surface area contributed by atoms with E-state index in [1.54, 1.807) is 18.2 Å². The number of aryl methyl sites for hydroxylation is 1. The molecule has 7 heteroatoms. The minimum absolute atomic E-state index is 0.0996. The molecular weight excluding hydrogens is 464 g/mol. The molecule has 0 bridgehead atoms. The van der Waals surface area contributed by atoms with Crippen LogP contribution < -0.4 is 5.32 Å². The highest BCUT2D eigenvalue weighted by Crippen LogP contribution is 2.19. The first-order valence-electron chi connectivity index (χ1n) is 9.46. The Labute approximate surface area is 185 Å². The van der Waals surface area contributed by atoms with Crippen molar-refractivity contribution in [3.63, 3.8) is 0 Å². The van der Waals surface area contributed by atoms with E-state index in [2.05, 4.69) is 21.2 Å². The van der Waals surface area contributed by atoms with Gasteiger partial charge in [-0.3, -0.25) is 4.79 Å². The van der Waals surface area contributed by atoms with Crippen LogP contribution in [0.25, 0.3) is 0 Å². The lowest BCUT2D eigenvalue weighted by Gasteiger charge is -2.22. The summed E-state index contributed by atoms with van der Waals surface area (Å²) in [6, 6.07) is 23.4. The molecule has 0 saturated heterocycles. The summed E-state index contributed by atoms with van der Waals surface area (Å²) in [6.45, 7) is 2.16. The molecule has 0 radical (unpaired) electrons. The van der Waals surface area contributed by atoms with Crippen molar-refractivity contribution in [1.29, 1.82) is 0 Å². The Morgan fingerprint density at radius 3 is 2.30 bits per heavy atom. The van der Waals surface area contributed by atoms with E-state index >= 15 is 0 Å². The number of nitrogens with one attached hydrogen (secondary N) is 1. The summed E-state index contributed by atoms with van der Waals surface area (Å²) in [4.78, 5) is 12.8. The molecule has 3 aromatic carbocycles. The van der Waals surface area contributed by atoms with E-state index in [1.165, 1.54) is 16.4 Å². The number of hydrogen-bond donors (Lipinski definition) is 1. The lowest BCUT2D eigenvalue weighted by molar-refractivity contribution is -0.121. The summed E-state index contributed by atoms with van der Waals surface area (Å²) < 4.78 is 28.5. The SMILES string of the molecule is Cc1cccc(CNC(=O)CN(Cc2ccc(Br)cc2)S(=O)(=O)c2ccccc2)c1. The van der Waals surface area contributed by atoms with Crippen LogP contribution in [0.15, 0.2) is 88.2 Å². The molecule has 0 aliphatic rings. The van der Waals surface area contributed by atoms with Crippen LogP contribution >= 0.6 is 15.9 Å². The van der Waals surface area contributed by atoms with E-state index in [-0.39, 0.29) is 23.9 Å². The highest BCUT2D eigenvalue weighted by atomic mass is 79.9. The molecule has 5 nitrogen and oxygen atoms in total. The van der Waals surface area contributed by atoms with E-state index in [0.29, 0.717) is 6.54 Å². The maximum absolute atomic E-state index is 13.2. The molecule has 0 aromatic heterocycles. The normalized spacial score (nSPS) is 11.4. The Morgan fingerprint density at radius 1 is 0.933 bits per heavy atom. The number of carbonyl (C=O) groups excluding carboxylic acids is 1. The molecule has 0 atom stereocenters. The Hall–Kier alpha value is -2.48. The number of amides is 1. The van der Waals surface area contributed by atoms with E-state index in [4.69, 9.17) is 0 Å². The number of nitrogens with zero attached hydrogens (tertiary/aromatic N) is 1. The topological polar surface area (TPSA) is 66.5 Å². The van der Waals surface area contributed by atoms with Gasteiger partial charge < -0.3 is 5.32 Å². The van der Waals surface area contributed by atoms with Gasteiger partial charge in [-0.1, -0.05) is 76.1 Å². The smallest absolute Gasteiger partial charge is 0.243 e. The third kappa shape index (κ3) is 6.01. The monoisotopic (exact) mass is 486 g/mol. The molecule has 30 heavy (non-hydrogen) atoms. The summed E-state index contributed by atoms with van der Waals surface area (Å²) in [5, 5.41) is 2.82. The van der Waals surface area contributed by atoms with E-state index < -0.39 is 10.0 Å². The van der Waals surface area contributed by atoms with E-state index in [1.807, 2.05) is 55.5 Å². The van der Waals surface area contributed by atoms with Gasteiger partial charge in [0.15, 0.2) is 0 Å². The first kappa shape index (κ1) is 22.2. The Bertz CT molecular complexity index is 1100. The standard InChI is InChI=1S/C23H23BrN2O3S/c1-18-6-5-7-20(14-18)15-25-23(27)17-26(16-19-10-12-21(24)13-11-19)30(28,29)22-8-3-2-4-9-22/h2-14H,15-17H2,1H3,(H,25,27). The van der Waals surface area contributed by atoms with Crippen LogP contribution in [0.3, 0.4) is 0 Å². The third-order valence-electron chi connectivity index (χ3n) is 4.55. The number of rotatable bonds is 8. The molecule has 0 saturated carbocycles. The van der Waals surface area contributed by atoms with Gasteiger partial charge >= 0.3 is 0 Å². The van der Waals surface area contributed by atoms with Crippen LogP contribution in [0.5, 0.6) is 0 Å². The van der Waals surface area contributed by atoms with Crippen molar-refractivity contribution in [1.82, 2.24) is 9.62 Å². The third-order valence-corrected chi connectivity index (χ3v) is 6.88. The van der Waals surface area contributed by atoms with Crippen molar-refractivity contribution in [3.05, 3.63) is 100 Å². The number of carbonyl (C=O) groups is 1. The molecular formula is C23H23BrN2O3S. The summed E-state index contributed by atoms with van der Waals surface area (Å²) >= 11 is 3.38. The highest BCUT2D eigenvalue weighted by molar-refractivity contribution is 9.10. The first-order valence-corrected chi connectivity index (χ1v) is 11.7. The summed E-state index contributed by atoms with van der Waals surface area (Å²) in [7, 11) is -3.83. The molecule has 1 N–H and O–H groups in total. The van der Waals surface area contributed by atoms with Crippen LogP contribution in [0.2, 0.25) is 0 Å². The molecule has 156 valence electrons. The Morgan fingerprint density at radius 2 is 1.63 bits per heavy atom. The average molecular weight is 487 g/mol. The van der Waals surface area contributed by atoms with Gasteiger partial charge in [-0.25, -0.2) is 8.42 Å². The zero-order valence-electron chi connectivity index (χ0n) is 16.6. The average Bonchev–Trinajstić information content (AvgIpc) is 2.74. The van der Waals surface area contributed by atoms with Crippen molar-refractivity contribution >= 4 is 31.9 Å². The quantitative estimate of drug-likeness (QED) is 0.516. The van der Waals surface area contributed by atoms with E-state index in [0.717, 1.165) is 21.2 Å². The molecule has 3 aromatic rings. The van der Waals surface area contributed by atoms with Crippen molar-refractivity contribution in [2.45, 2.75) is 24.9 Å². The van der Waals surface area contributed by atoms with Gasteiger partial charge in [-0.05, 0) is 42.3 Å². The summed E-state index contributed by atoms with van der Waals surface area (Å²) in [5.41, 5.74) is 2.86. The zero-order chi connectivity index (χ0) is 21.6. The molecule has 0 unspecified atom stereocenters. The number of hydrogen-bond acceptors (Lipinski definition) is 3. The maximum Gasteiger partial charge on any atom is 0.243 e. The second kappa shape index (κ2) is 10.0. The van der Waals surface area contributed by atoms with Crippen molar-refractivity contribution in [3.8, 4) is 0 Å². The first-order chi connectivity index (χ1) is 14.3. The van der Waals surface area contributed by atoms with Crippen molar-refractivity contribution in [2.75, 3.05) is 6.54 Å². The van der Waals surface area contributed by atoms with Gasteiger partial charge in [0.2, 0.25) is 15.9 Å². The molecule has 0 spiro atoms. The van der Waals surface area contributed by atoms with Gasteiger partial charge in [0, 0.05) is 17.6 Å². The second-order valence-corrected chi connectivity index (χ2v) is 9.83. The van der Waals surface area contributed by atoms with Gasteiger partial charge in [0.1, 0.15) is 0 Å². The van der Waals surface area contributed by atoms with Crippen LogP contribution in [0, 0.1) is 6.92 Å². The van der Waals surface area contributed by atoms with Crippen molar-refractivity contribution < 1.29 is 13.2 Å². The fourth-order valence-electron chi connectivity index (χ4n) is 3.00. The second-order valence-electron chi connectivity index (χ2n) is 6.98. The molecule has 1 amide bonds. The molecule has 0 heterocycles. The molecule has 0 aliphatic carbocycles. The van der Waals surface area contributed by atoms with Crippen LogP contribution in [0.4, 0.5) is 0 Å². The predicted octanol–water partition coefficient (Wildman–Crippen LogP) is 4.26. The predicted molar refractivity (Wildman–Crippen MR) is 121 cm³/mol. The lowest BCUT2D eigenvalue weighted by Crippen LogP contribution is -2.40. The fraction of sp³-hybridized carbons (Fsp3) is 0.174. The van der Waals surface area contributed by atoms with Crippen LogP contribution in [-0.4, -0.2) is 25.2 Å². The Kier molecular flexibility index (Phi) is 7.42. The fourth-order valence-corrected chi connectivity index (χ4v) is 4.67. The zero-order valence-corrected chi connectivity index (χ0v) is 19.0.